The van der Waals surface area contributed by atoms with E-state index < -0.39 is 5.97 Å². The second kappa shape index (κ2) is 14.2. The molecule has 0 aliphatic heterocycles. The molecule has 9 heteroatoms. The van der Waals surface area contributed by atoms with Crippen LogP contribution in [0.1, 0.15) is 38.9 Å². The molecule has 2 aromatic rings. The zero-order chi connectivity index (χ0) is 25.8. The highest BCUT2D eigenvalue weighted by molar-refractivity contribution is 5.69. The normalized spacial score (nSPS) is 10.7. The predicted molar refractivity (Wildman–Crippen MR) is 125 cm³/mol. The van der Waals surface area contributed by atoms with Crippen LogP contribution in [0.25, 0.3) is 0 Å². The number of nitrogens with zero attached hydrogens (tertiary/aromatic N) is 2. The quantitative estimate of drug-likeness (QED) is 0.383. The Labute approximate surface area is 199 Å². The van der Waals surface area contributed by atoms with Crippen LogP contribution in [0.4, 0.5) is 0 Å². The SMILES string of the molecule is Cc1cc(CO)c(C)c(CN(CCN(C)Cc2cc(C)cc(CO)c2O)CC(=O)O)c1.O=C=O. The van der Waals surface area contributed by atoms with Crippen molar-refractivity contribution in [3.63, 3.8) is 0 Å². The number of phenols is 1. The molecular weight excluding hydrogens is 440 g/mol. The van der Waals surface area contributed by atoms with Crippen molar-refractivity contribution >= 4 is 12.1 Å². The van der Waals surface area contributed by atoms with Crippen molar-refractivity contribution in [3.05, 3.63) is 63.2 Å². The third-order valence-electron chi connectivity index (χ3n) is 5.51. The first kappa shape index (κ1) is 29.0. The first-order valence-electron chi connectivity index (χ1n) is 10.8. The van der Waals surface area contributed by atoms with Gasteiger partial charge in [0.2, 0.25) is 0 Å². The molecule has 0 radical (unpaired) electrons. The summed E-state index contributed by atoms with van der Waals surface area (Å²) >= 11 is 0. The lowest BCUT2D eigenvalue weighted by Crippen LogP contribution is -2.36. The van der Waals surface area contributed by atoms with E-state index in [0.717, 1.165) is 33.4 Å². The van der Waals surface area contributed by atoms with Gasteiger partial charge in [-0.1, -0.05) is 35.4 Å². The van der Waals surface area contributed by atoms with Crippen LogP contribution in [-0.4, -0.2) is 69.0 Å². The first-order valence-corrected chi connectivity index (χ1v) is 10.8. The van der Waals surface area contributed by atoms with Crippen molar-refractivity contribution in [2.24, 2.45) is 0 Å². The monoisotopic (exact) mass is 474 g/mol. The van der Waals surface area contributed by atoms with Crippen LogP contribution in [0.15, 0.2) is 24.3 Å². The number of carboxylic acid groups (broad SMARTS) is 1. The molecule has 0 aromatic heterocycles. The number of aromatic hydroxyl groups is 1. The largest absolute Gasteiger partial charge is 0.507 e. The van der Waals surface area contributed by atoms with Gasteiger partial charge in [0.1, 0.15) is 5.75 Å². The summed E-state index contributed by atoms with van der Waals surface area (Å²) in [6.07, 6.45) is 0.250. The molecule has 0 spiro atoms. The summed E-state index contributed by atoms with van der Waals surface area (Å²) in [6.45, 7) is 7.58. The van der Waals surface area contributed by atoms with Crippen molar-refractivity contribution in [2.75, 3.05) is 26.7 Å². The molecule has 0 bridgehead atoms. The third-order valence-corrected chi connectivity index (χ3v) is 5.51. The van der Waals surface area contributed by atoms with E-state index in [2.05, 4.69) is 0 Å². The Hall–Kier alpha value is -3.07. The van der Waals surface area contributed by atoms with Crippen LogP contribution in [0.2, 0.25) is 0 Å². The topological polar surface area (TPSA) is 139 Å². The van der Waals surface area contributed by atoms with Crippen LogP contribution >= 0.6 is 0 Å². The number of likely N-dealkylation sites (N-methyl/N-ethyl adjacent to an activating group) is 1. The van der Waals surface area contributed by atoms with Gasteiger partial charge in [0.05, 0.1) is 19.8 Å². The molecule has 0 heterocycles. The first-order chi connectivity index (χ1) is 16.1. The van der Waals surface area contributed by atoms with Gasteiger partial charge in [-0.25, -0.2) is 0 Å². The number of hydrogen-bond acceptors (Lipinski definition) is 8. The van der Waals surface area contributed by atoms with Crippen molar-refractivity contribution in [2.45, 2.75) is 47.1 Å². The smallest absolute Gasteiger partial charge is 0.373 e. The lowest BCUT2D eigenvalue weighted by Gasteiger charge is -2.26. The van der Waals surface area contributed by atoms with E-state index >= 15 is 0 Å². The summed E-state index contributed by atoms with van der Waals surface area (Å²) in [7, 11) is 1.92. The molecule has 0 amide bonds. The van der Waals surface area contributed by atoms with Crippen LogP contribution in [0, 0.1) is 20.8 Å². The third kappa shape index (κ3) is 9.05. The highest BCUT2D eigenvalue weighted by Crippen LogP contribution is 2.26. The molecular formula is C25H34N2O7. The van der Waals surface area contributed by atoms with E-state index in [9.17, 15) is 25.2 Å². The average Bonchev–Trinajstić information content (AvgIpc) is 2.76. The fraction of sp³-hybridized carbons (Fsp3) is 0.440. The number of carbonyl (C=O) groups is 1. The zero-order valence-corrected chi connectivity index (χ0v) is 20.2. The summed E-state index contributed by atoms with van der Waals surface area (Å²) in [5.41, 5.74) is 6.09. The maximum atomic E-state index is 11.4. The van der Waals surface area contributed by atoms with E-state index in [4.69, 9.17) is 9.59 Å². The van der Waals surface area contributed by atoms with E-state index in [0.29, 0.717) is 31.7 Å². The number of aliphatic hydroxyl groups is 2. The van der Waals surface area contributed by atoms with Crippen molar-refractivity contribution < 1.29 is 34.8 Å². The minimum atomic E-state index is -0.890. The van der Waals surface area contributed by atoms with Crippen molar-refractivity contribution in [1.82, 2.24) is 9.80 Å². The van der Waals surface area contributed by atoms with E-state index in [1.807, 2.05) is 55.8 Å². The Morgan fingerprint density at radius 3 is 1.88 bits per heavy atom. The number of aryl methyl sites for hydroxylation is 2. The number of benzene rings is 2. The van der Waals surface area contributed by atoms with Crippen LogP contribution in [0.5, 0.6) is 5.75 Å². The summed E-state index contributed by atoms with van der Waals surface area (Å²) in [5.74, 6) is -0.784. The number of hydrogen-bond donors (Lipinski definition) is 4. The van der Waals surface area contributed by atoms with E-state index in [-0.39, 0.29) is 31.7 Å². The maximum absolute atomic E-state index is 11.4. The number of aliphatic carboxylic acids is 1. The molecule has 186 valence electrons. The molecule has 2 aromatic carbocycles. The van der Waals surface area contributed by atoms with Crippen LogP contribution in [0.3, 0.4) is 0 Å². The summed E-state index contributed by atoms with van der Waals surface area (Å²) < 4.78 is 0. The minimum absolute atomic E-state index is 0.0437. The zero-order valence-electron chi connectivity index (χ0n) is 20.2. The Balaban J connectivity index is 0.00000182. The highest BCUT2D eigenvalue weighted by Gasteiger charge is 2.16. The van der Waals surface area contributed by atoms with Gasteiger partial charge in [0.15, 0.2) is 0 Å². The second-order valence-corrected chi connectivity index (χ2v) is 8.38. The lowest BCUT2D eigenvalue weighted by molar-refractivity contribution is -0.191. The van der Waals surface area contributed by atoms with E-state index in [1.165, 1.54) is 0 Å². The average molecular weight is 475 g/mol. The van der Waals surface area contributed by atoms with Gasteiger partial charge in [0.25, 0.3) is 0 Å². The van der Waals surface area contributed by atoms with E-state index in [1.54, 1.807) is 6.07 Å². The van der Waals surface area contributed by atoms with Gasteiger partial charge in [0, 0.05) is 37.3 Å². The molecule has 9 nitrogen and oxygen atoms in total. The van der Waals surface area contributed by atoms with Gasteiger partial charge in [-0.3, -0.25) is 9.69 Å². The van der Waals surface area contributed by atoms with Crippen molar-refractivity contribution in [3.8, 4) is 5.75 Å². The fourth-order valence-corrected chi connectivity index (χ4v) is 3.85. The number of carbonyl (C=O) groups excluding carboxylic acids is 2. The number of aliphatic hydroxyl groups excluding tert-OH is 2. The number of carboxylic acids is 1. The van der Waals surface area contributed by atoms with Crippen LogP contribution < -0.4 is 0 Å². The summed E-state index contributed by atoms with van der Waals surface area (Å²) in [5, 5.41) is 38.7. The highest BCUT2D eigenvalue weighted by atomic mass is 16.4. The Kier molecular flexibility index (Phi) is 12.1. The minimum Gasteiger partial charge on any atom is -0.507 e. The Bertz CT molecular complexity index is 1000. The van der Waals surface area contributed by atoms with Crippen molar-refractivity contribution in [1.29, 1.82) is 0 Å². The molecule has 0 fully saturated rings. The summed E-state index contributed by atoms with van der Waals surface area (Å²) in [4.78, 5) is 31.6. The Morgan fingerprint density at radius 1 is 0.853 bits per heavy atom. The van der Waals surface area contributed by atoms with Gasteiger partial charge >= 0.3 is 12.1 Å². The molecule has 0 saturated heterocycles. The molecule has 4 N–H and O–H groups in total. The summed E-state index contributed by atoms with van der Waals surface area (Å²) in [6, 6.07) is 7.64. The van der Waals surface area contributed by atoms with Crippen LogP contribution in [-0.2, 0) is 40.7 Å². The molecule has 0 saturated carbocycles. The van der Waals surface area contributed by atoms with Gasteiger partial charge in [-0.15, -0.1) is 0 Å². The van der Waals surface area contributed by atoms with Gasteiger partial charge in [-0.2, -0.15) is 9.59 Å². The van der Waals surface area contributed by atoms with Gasteiger partial charge < -0.3 is 25.3 Å². The maximum Gasteiger partial charge on any atom is 0.373 e. The molecule has 0 unspecified atom stereocenters. The molecule has 0 atom stereocenters. The second-order valence-electron chi connectivity index (χ2n) is 8.38. The predicted octanol–water partition coefficient (Wildman–Crippen LogP) is 1.74. The van der Waals surface area contributed by atoms with Gasteiger partial charge in [-0.05, 0) is 44.5 Å². The number of rotatable bonds is 11. The standard InChI is InChI=1S/C24H34N2O5.CO2/c1-16-7-19(18(3)21(9-16)14-27)12-26(13-23(29)30)6-5-25(4)11-20-8-17(2)10-22(15-28)24(20)31;2-1-3/h7-10,27-28,31H,5-6,11-15H2,1-4H3,(H,29,30);. The fourth-order valence-electron chi connectivity index (χ4n) is 3.85. The Morgan fingerprint density at radius 2 is 1.35 bits per heavy atom. The molecule has 0 aliphatic carbocycles. The lowest BCUT2D eigenvalue weighted by atomic mass is 9.99. The molecule has 2 rings (SSSR count). The molecule has 0 aliphatic rings. The molecule has 34 heavy (non-hydrogen) atoms.